The molecule has 0 unspecified atom stereocenters. The third kappa shape index (κ3) is 2.81. The molecule has 116 valence electrons. The van der Waals surface area contributed by atoms with Crippen molar-refractivity contribution in [2.24, 2.45) is 7.05 Å². The van der Waals surface area contributed by atoms with E-state index < -0.39 is 0 Å². The van der Waals surface area contributed by atoms with Crippen molar-refractivity contribution < 1.29 is 9.53 Å². The van der Waals surface area contributed by atoms with Crippen LogP contribution in [0.1, 0.15) is 21.5 Å². The summed E-state index contributed by atoms with van der Waals surface area (Å²) in [5.41, 5.74) is 2.98. The quantitative estimate of drug-likeness (QED) is 0.853. The maximum Gasteiger partial charge on any atom is 0.258 e. The van der Waals surface area contributed by atoms with E-state index in [2.05, 4.69) is 17.2 Å². The number of ether oxygens (including phenoxy) is 1. The van der Waals surface area contributed by atoms with Crippen molar-refractivity contribution in [3.63, 3.8) is 0 Å². The maximum absolute atomic E-state index is 12.6. The van der Waals surface area contributed by atoms with E-state index in [-0.39, 0.29) is 11.1 Å². The van der Waals surface area contributed by atoms with Crippen LogP contribution >= 0.6 is 11.6 Å². The lowest BCUT2D eigenvalue weighted by Crippen LogP contribution is -2.33. The Labute approximate surface area is 134 Å². The van der Waals surface area contributed by atoms with E-state index in [0.717, 1.165) is 18.6 Å². The summed E-state index contributed by atoms with van der Waals surface area (Å²) >= 11 is 6.03. The number of halogens is 1. The third-order valence-corrected chi connectivity index (χ3v) is 4.30. The number of hydrogen-bond donors (Lipinski definition) is 0. The number of methoxy groups -OCH3 is 1. The molecule has 0 fully saturated rings. The Hall–Kier alpha value is -2.01. The summed E-state index contributed by atoms with van der Waals surface area (Å²) in [6.07, 6.45) is 3.32. The zero-order valence-corrected chi connectivity index (χ0v) is 13.4. The Bertz CT molecular complexity index is 711. The topological polar surface area (TPSA) is 47.4 Å². The van der Waals surface area contributed by atoms with Gasteiger partial charge in [-0.3, -0.25) is 9.48 Å². The molecule has 1 aliphatic rings. The van der Waals surface area contributed by atoms with Gasteiger partial charge in [-0.15, -0.1) is 0 Å². The number of aromatic nitrogens is 2. The Balaban J connectivity index is 1.79. The largest absolute Gasteiger partial charge is 0.497 e. The SMILES string of the molecule is COc1ccc2c(c1)CCN(C(=O)c1cn(C)nc1Cl)CC2. The lowest BCUT2D eigenvalue weighted by Gasteiger charge is -2.19. The highest BCUT2D eigenvalue weighted by Crippen LogP contribution is 2.23. The van der Waals surface area contributed by atoms with E-state index in [4.69, 9.17) is 16.3 Å². The summed E-state index contributed by atoms with van der Waals surface area (Å²) in [4.78, 5) is 14.5. The number of benzene rings is 1. The summed E-state index contributed by atoms with van der Waals surface area (Å²) in [6.45, 7) is 1.35. The minimum absolute atomic E-state index is 0.0575. The predicted octanol–water partition coefficient (Wildman–Crippen LogP) is 2.32. The summed E-state index contributed by atoms with van der Waals surface area (Å²) in [5, 5.41) is 4.29. The Kier molecular flexibility index (Phi) is 4.07. The van der Waals surface area contributed by atoms with Crippen molar-refractivity contribution >= 4 is 17.5 Å². The Morgan fingerprint density at radius 1 is 1.27 bits per heavy atom. The highest BCUT2D eigenvalue weighted by Gasteiger charge is 2.23. The lowest BCUT2D eigenvalue weighted by atomic mass is 10.0. The fraction of sp³-hybridized carbons (Fsp3) is 0.375. The minimum Gasteiger partial charge on any atom is -0.497 e. The van der Waals surface area contributed by atoms with Crippen molar-refractivity contribution in [1.82, 2.24) is 14.7 Å². The van der Waals surface area contributed by atoms with Gasteiger partial charge < -0.3 is 9.64 Å². The number of amides is 1. The number of hydrogen-bond acceptors (Lipinski definition) is 3. The van der Waals surface area contributed by atoms with Crippen molar-refractivity contribution in [3.05, 3.63) is 46.2 Å². The fourth-order valence-corrected chi connectivity index (χ4v) is 3.06. The number of nitrogens with zero attached hydrogens (tertiary/aromatic N) is 3. The second kappa shape index (κ2) is 6.01. The number of aryl methyl sites for hydroxylation is 1. The molecule has 0 atom stereocenters. The van der Waals surface area contributed by atoms with Crippen LogP contribution in [0.25, 0.3) is 0 Å². The molecule has 0 aliphatic carbocycles. The third-order valence-electron chi connectivity index (χ3n) is 4.02. The van der Waals surface area contributed by atoms with E-state index in [1.807, 2.05) is 11.0 Å². The van der Waals surface area contributed by atoms with Gasteiger partial charge in [0.15, 0.2) is 5.15 Å². The molecular formula is C16H18ClN3O2. The zero-order valence-electron chi connectivity index (χ0n) is 12.7. The number of rotatable bonds is 2. The molecule has 0 radical (unpaired) electrons. The van der Waals surface area contributed by atoms with Crippen molar-refractivity contribution in [2.75, 3.05) is 20.2 Å². The van der Waals surface area contributed by atoms with E-state index >= 15 is 0 Å². The van der Waals surface area contributed by atoms with Crippen LogP contribution in [0.2, 0.25) is 5.15 Å². The summed E-state index contributed by atoms with van der Waals surface area (Å²) in [6, 6.07) is 6.11. The normalized spacial score (nSPS) is 14.4. The molecule has 0 saturated carbocycles. The van der Waals surface area contributed by atoms with Crippen LogP contribution in [-0.2, 0) is 19.9 Å². The van der Waals surface area contributed by atoms with Crippen LogP contribution in [0, 0.1) is 0 Å². The lowest BCUT2D eigenvalue weighted by molar-refractivity contribution is 0.0763. The molecule has 0 N–H and O–H groups in total. The Morgan fingerprint density at radius 3 is 2.64 bits per heavy atom. The molecular weight excluding hydrogens is 302 g/mol. The zero-order chi connectivity index (χ0) is 15.7. The van der Waals surface area contributed by atoms with Crippen LogP contribution in [0.5, 0.6) is 5.75 Å². The highest BCUT2D eigenvalue weighted by atomic mass is 35.5. The summed E-state index contributed by atoms with van der Waals surface area (Å²) in [7, 11) is 3.42. The first kappa shape index (κ1) is 14.9. The van der Waals surface area contributed by atoms with Crippen LogP contribution in [0.3, 0.4) is 0 Å². The van der Waals surface area contributed by atoms with Gasteiger partial charge in [0.25, 0.3) is 5.91 Å². The summed E-state index contributed by atoms with van der Waals surface area (Å²) in [5.74, 6) is 0.798. The second-order valence-electron chi connectivity index (χ2n) is 5.43. The molecule has 0 spiro atoms. The highest BCUT2D eigenvalue weighted by molar-refractivity contribution is 6.32. The second-order valence-corrected chi connectivity index (χ2v) is 5.79. The van der Waals surface area contributed by atoms with Gasteiger partial charge in [-0.2, -0.15) is 5.10 Å². The molecule has 1 aromatic heterocycles. The van der Waals surface area contributed by atoms with Crippen molar-refractivity contribution in [3.8, 4) is 5.75 Å². The van der Waals surface area contributed by atoms with E-state index in [1.165, 1.54) is 11.1 Å². The number of carbonyl (C=O) groups is 1. The average molecular weight is 320 g/mol. The van der Waals surface area contributed by atoms with Gasteiger partial charge in [0.05, 0.1) is 12.7 Å². The average Bonchev–Trinajstić information content (AvgIpc) is 2.73. The standard InChI is InChI=1S/C16H18ClN3O2/c1-19-10-14(15(17)18-19)16(21)20-7-5-11-3-4-13(22-2)9-12(11)6-8-20/h3-4,9-10H,5-8H2,1-2H3. The molecule has 0 saturated heterocycles. The van der Waals surface area contributed by atoms with Crippen LogP contribution in [0.4, 0.5) is 0 Å². The summed E-state index contributed by atoms with van der Waals surface area (Å²) < 4.78 is 6.84. The smallest absolute Gasteiger partial charge is 0.258 e. The van der Waals surface area contributed by atoms with Gasteiger partial charge in [0.2, 0.25) is 0 Å². The molecule has 0 bridgehead atoms. The van der Waals surface area contributed by atoms with Crippen LogP contribution in [-0.4, -0.2) is 40.8 Å². The predicted molar refractivity (Wildman–Crippen MR) is 84.5 cm³/mol. The molecule has 2 heterocycles. The van der Waals surface area contributed by atoms with Crippen molar-refractivity contribution in [1.29, 1.82) is 0 Å². The molecule has 1 amide bonds. The maximum atomic E-state index is 12.6. The monoisotopic (exact) mass is 319 g/mol. The van der Waals surface area contributed by atoms with Gasteiger partial charge in [0, 0.05) is 26.3 Å². The molecule has 5 nitrogen and oxygen atoms in total. The molecule has 2 aromatic rings. The van der Waals surface area contributed by atoms with Crippen LogP contribution < -0.4 is 4.74 Å². The van der Waals surface area contributed by atoms with Gasteiger partial charge in [-0.25, -0.2) is 0 Å². The van der Waals surface area contributed by atoms with Gasteiger partial charge in [0.1, 0.15) is 5.75 Å². The molecule has 1 aliphatic heterocycles. The molecule has 1 aromatic carbocycles. The molecule has 3 rings (SSSR count). The van der Waals surface area contributed by atoms with E-state index in [1.54, 1.807) is 25.0 Å². The minimum atomic E-state index is -0.0575. The fourth-order valence-electron chi connectivity index (χ4n) is 2.81. The van der Waals surface area contributed by atoms with Gasteiger partial charge in [-0.1, -0.05) is 17.7 Å². The van der Waals surface area contributed by atoms with Gasteiger partial charge >= 0.3 is 0 Å². The van der Waals surface area contributed by atoms with Crippen LogP contribution in [0.15, 0.2) is 24.4 Å². The first-order valence-corrected chi connectivity index (χ1v) is 7.60. The van der Waals surface area contributed by atoms with Gasteiger partial charge in [-0.05, 0) is 36.1 Å². The molecule has 6 heteroatoms. The Morgan fingerprint density at radius 2 is 2.00 bits per heavy atom. The molecule has 22 heavy (non-hydrogen) atoms. The first-order valence-electron chi connectivity index (χ1n) is 7.22. The number of carbonyl (C=O) groups excluding carboxylic acids is 1. The van der Waals surface area contributed by atoms with Crippen molar-refractivity contribution in [2.45, 2.75) is 12.8 Å². The number of fused-ring (bicyclic) bond motifs is 1. The van der Waals surface area contributed by atoms with E-state index in [0.29, 0.717) is 18.7 Å². The van der Waals surface area contributed by atoms with E-state index in [9.17, 15) is 4.79 Å². The first-order chi connectivity index (χ1) is 10.6.